The Hall–Kier alpha value is -2.42. The fraction of sp³-hybridized carbons (Fsp3) is 0.760. The lowest BCUT2D eigenvalue weighted by Gasteiger charge is -2.43. The van der Waals surface area contributed by atoms with Gasteiger partial charge in [-0.2, -0.15) is 4.98 Å². The van der Waals surface area contributed by atoms with Crippen LogP contribution in [0.3, 0.4) is 0 Å². The van der Waals surface area contributed by atoms with Crippen LogP contribution in [0.15, 0.2) is 6.20 Å². The molecule has 2 aliphatic heterocycles. The zero-order valence-electron chi connectivity index (χ0n) is 21.5. The minimum atomic E-state index is -0.162. The first-order valence-corrected chi connectivity index (χ1v) is 12.9. The van der Waals surface area contributed by atoms with Gasteiger partial charge < -0.3 is 24.9 Å². The zero-order valence-corrected chi connectivity index (χ0v) is 21.5. The van der Waals surface area contributed by atoms with E-state index >= 15 is 0 Å². The van der Waals surface area contributed by atoms with Crippen LogP contribution >= 0.6 is 0 Å². The Morgan fingerprint density at radius 1 is 1.21 bits per heavy atom. The van der Waals surface area contributed by atoms with Crippen molar-refractivity contribution in [2.24, 2.45) is 5.92 Å². The predicted molar refractivity (Wildman–Crippen MR) is 135 cm³/mol. The molecule has 1 aromatic rings. The van der Waals surface area contributed by atoms with Gasteiger partial charge in [-0.05, 0) is 59.0 Å². The van der Waals surface area contributed by atoms with Crippen LogP contribution in [-0.4, -0.2) is 90.5 Å². The summed E-state index contributed by atoms with van der Waals surface area (Å²) in [6.07, 6.45) is 9.16. The van der Waals surface area contributed by atoms with E-state index in [0.717, 1.165) is 56.7 Å². The maximum atomic E-state index is 13.1. The first-order chi connectivity index (χ1) is 16.3. The van der Waals surface area contributed by atoms with Gasteiger partial charge in [0.05, 0.1) is 12.7 Å². The summed E-state index contributed by atoms with van der Waals surface area (Å²) in [5.41, 5.74) is 0.799. The van der Waals surface area contributed by atoms with Crippen molar-refractivity contribution in [1.82, 2.24) is 19.8 Å². The second-order valence-electron chi connectivity index (χ2n) is 10.5. The Labute approximate surface area is 203 Å². The molecule has 1 saturated carbocycles. The SMILES string of the molecule is CCC1C(=O)N(C)c2cnc(NC(C)C3CCN(C(=O)CN(C)C)CC3)nc2N1C1CCCC1. The molecule has 0 aromatic carbocycles. The Balaban J connectivity index is 1.46. The number of hydrogen-bond acceptors (Lipinski definition) is 7. The van der Waals surface area contributed by atoms with Crippen LogP contribution in [0, 0.1) is 5.92 Å². The zero-order chi connectivity index (χ0) is 24.4. The molecular weight excluding hydrogens is 430 g/mol. The van der Waals surface area contributed by atoms with Crippen molar-refractivity contribution >= 4 is 29.3 Å². The van der Waals surface area contributed by atoms with Crippen molar-refractivity contribution in [1.29, 1.82) is 0 Å². The fourth-order valence-electron chi connectivity index (χ4n) is 5.79. The number of carbonyl (C=O) groups is 2. The Bertz CT molecular complexity index is 878. The van der Waals surface area contributed by atoms with Crippen LogP contribution in [0.2, 0.25) is 0 Å². The maximum Gasteiger partial charge on any atom is 0.249 e. The largest absolute Gasteiger partial charge is 0.351 e. The number of anilines is 3. The van der Waals surface area contributed by atoms with E-state index in [1.807, 2.05) is 30.9 Å². The molecule has 34 heavy (non-hydrogen) atoms. The lowest BCUT2D eigenvalue weighted by atomic mass is 9.90. The molecule has 1 aliphatic carbocycles. The van der Waals surface area contributed by atoms with E-state index in [9.17, 15) is 9.59 Å². The van der Waals surface area contributed by atoms with Crippen LogP contribution in [0.1, 0.15) is 58.8 Å². The number of likely N-dealkylation sites (tertiary alicyclic amines) is 1. The van der Waals surface area contributed by atoms with Gasteiger partial charge in [0.2, 0.25) is 17.8 Å². The summed E-state index contributed by atoms with van der Waals surface area (Å²) in [4.78, 5) is 42.9. The molecule has 4 rings (SSSR count). The number of rotatable bonds is 7. The summed E-state index contributed by atoms with van der Waals surface area (Å²) in [7, 11) is 5.69. The van der Waals surface area contributed by atoms with Gasteiger partial charge in [0, 0.05) is 32.2 Å². The van der Waals surface area contributed by atoms with E-state index in [1.54, 1.807) is 11.1 Å². The number of carbonyl (C=O) groups excluding carboxylic acids is 2. The smallest absolute Gasteiger partial charge is 0.249 e. The minimum absolute atomic E-state index is 0.134. The second kappa shape index (κ2) is 10.5. The molecule has 0 radical (unpaired) electrons. The average Bonchev–Trinajstić information content (AvgIpc) is 3.35. The number of fused-ring (bicyclic) bond motifs is 1. The Kier molecular flexibility index (Phi) is 7.60. The topological polar surface area (TPSA) is 84.9 Å². The standard InChI is InChI=1S/C25H41N7O2/c1-6-20-24(34)30(5)21-15-26-25(28-23(21)32(20)19-9-7-8-10-19)27-17(2)18-11-13-31(14-12-18)22(33)16-29(3)4/h15,17-20H,6-14,16H2,1-5H3,(H,26,27,28). The highest BCUT2D eigenvalue weighted by atomic mass is 16.2. The molecule has 2 fully saturated rings. The third kappa shape index (κ3) is 4.99. The predicted octanol–water partition coefficient (Wildman–Crippen LogP) is 2.58. The van der Waals surface area contributed by atoms with E-state index < -0.39 is 0 Å². The molecule has 2 amide bonds. The number of piperidine rings is 1. The van der Waals surface area contributed by atoms with Crippen molar-refractivity contribution in [2.75, 3.05) is 55.9 Å². The molecule has 2 atom stereocenters. The van der Waals surface area contributed by atoms with Gasteiger partial charge in [-0.3, -0.25) is 9.59 Å². The highest BCUT2D eigenvalue weighted by molar-refractivity contribution is 6.04. The normalized spacial score (nSPS) is 22.9. The van der Waals surface area contributed by atoms with E-state index in [0.29, 0.717) is 24.5 Å². The Morgan fingerprint density at radius 3 is 2.50 bits per heavy atom. The van der Waals surface area contributed by atoms with Gasteiger partial charge in [0.1, 0.15) is 11.7 Å². The van der Waals surface area contributed by atoms with E-state index in [4.69, 9.17) is 4.98 Å². The molecular formula is C25H41N7O2. The molecule has 0 bridgehead atoms. The van der Waals surface area contributed by atoms with Crippen molar-refractivity contribution < 1.29 is 9.59 Å². The first-order valence-electron chi connectivity index (χ1n) is 12.9. The highest BCUT2D eigenvalue weighted by Gasteiger charge is 2.41. The number of likely N-dealkylation sites (N-methyl/N-ethyl adjacent to an activating group) is 2. The monoisotopic (exact) mass is 471 g/mol. The molecule has 3 aliphatic rings. The average molecular weight is 472 g/mol. The summed E-state index contributed by atoms with van der Waals surface area (Å²) in [5, 5.41) is 3.54. The first kappa shape index (κ1) is 24.7. The van der Waals surface area contributed by atoms with Crippen LogP contribution in [0.25, 0.3) is 0 Å². The maximum absolute atomic E-state index is 13.1. The molecule has 3 heterocycles. The molecule has 2 unspecified atom stereocenters. The summed E-state index contributed by atoms with van der Waals surface area (Å²) in [6.45, 7) is 6.34. The third-order valence-electron chi connectivity index (χ3n) is 7.82. The summed E-state index contributed by atoms with van der Waals surface area (Å²) in [5.74, 6) is 2.31. The Morgan fingerprint density at radius 2 is 1.88 bits per heavy atom. The van der Waals surface area contributed by atoms with Crippen molar-refractivity contribution in [3.05, 3.63) is 6.20 Å². The van der Waals surface area contributed by atoms with Gasteiger partial charge in [0.15, 0.2) is 5.82 Å². The van der Waals surface area contributed by atoms with Crippen LogP contribution in [-0.2, 0) is 9.59 Å². The third-order valence-corrected chi connectivity index (χ3v) is 7.82. The molecule has 1 saturated heterocycles. The summed E-state index contributed by atoms with van der Waals surface area (Å²) < 4.78 is 0. The molecule has 9 nitrogen and oxygen atoms in total. The van der Waals surface area contributed by atoms with Crippen LogP contribution in [0.5, 0.6) is 0 Å². The van der Waals surface area contributed by atoms with E-state index in [2.05, 4.69) is 29.0 Å². The van der Waals surface area contributed by atoms with E-state index in [-0.39, 0.29) is 23.9 Å². The highest BCUT2D eigenvalue weighted by Crippen LogP contribution is 2.40. The van der Waals surface area contributed by atoms with Crippen LogP contribution in [0.4, 0.5) is 17.5 Å². The van der Waals surface area contributed by atoms with Crippen molar-refractivity contribution in [2.45, 2.75) is 76.9 Å². The van der Waals surface area contributed by atoms with Gasteiger partial charge in [0.25, 0.3) is 0 Å². The number of aromatic nitrogens is 2. The number of amides is 2. The number of nitrogens with one attached hydrogen (secondary N) is 1. The molecule has 188 valence electrons. The summed E-state index contributed by atoms with van der Waals surface area (Å²) >= 11 is 0. The van der Waals surface area contributed by atoms with Crippen molar-refractivity contribution in [3.8, 4) is 0 Å². The van der Waals surface area contributed by atoms with Gasteiger partial charge in [-0.15, -0.1) is 0 Å². The second-order valence-corrected chi connectivity index (χ2v) is 10.5. The quantitative estimate of drug-likeness (QED) is 0.654. The van der Waals surface area contributed by atoms with Crippen LogP contribution < -0.4 is 15.1 Å². The van der Waals surface area contributed by atoms with Gasteiger partial charge >= 0.3 is 0 Å². The molecule has 1 N–H and O–H groups in total. The number of nitrogens with zero attached hydrogens (tertiary/aromatic N) is 6. The fourth-order valence-corrected chi connectivity index (χ4v) is 5.79. The molecule has 1 aromatic heterocycles. The summed E-state index contributed by atoms with van der Waals surface area (Å²) in [6, 6.07) is 0.407. The van der Waals surface area contributed by atoms with Gasteiger partial charge in [-0.1, -0.05) is 19.8 Å². The lowest BCUT2D eigenvalue weighted by Crippen LogP contribution is -2.55. The minimum Gasteiger partial charge on any atom is -0.351 e. The number of hydrogen-bond donors (Lipinski definition) is 1. The van der Waals surface area contributed by atoms with E-state index in [1.165, 1.54) is 12.8 Å². The molecule has 9 heteroatoms. The molecule has 0 spiro atoms. The van der Waals surface area contributed by atoms with Gasteiger partial charge in [-0.25, -0.2) is 4.98 Å². The lowest BCUT2D eigenvalue weighted by molar-refractivity contribution is -0.133. The van der Waals surface area contributed by atoms with Crippen molar-refractivity contribution in [3.63, 3.8) is 0 Å².